The second kappa shape index (κ2) is 6.36. The molecule has 0 saturated heterocycles. The molecule has 27 heavy (non-hydrogen) atoms. The first-order valence-electron chi connectivity index (χ1n) is 9.11. The smallest absolute Gasteiger partial charge is 0.118 e. The Labute approximate surface area is 157 Å². The minimum atomic E-state index is 0.0932. The average Bonchev–Trinajstić information content (AvgIpc) is 3.32. The zero-order chi connectivity index (χ0) is 18.2. The Balaban J connectivity index is 1.70. The van der Waals surface area contributed by atoms with Gasteiger partial charge in [-0.2, -0.15) is 0 Å². The highest BCUT2D eigenvalue weighted by atomic mass is 16.5. The highest BCUT2D eigenvalue weighted by molar-refractivity contribution is 5.82. The van der Waals surface area contributed by atoms with Gasteiger partial charge in [0.05, 0.1) is 13.0 Å². The van der Waals surface area contributed by atoms with Gasteiger partial charge in [0, 0.05) is 22.4 Å². The van der Waals surface area contributed by atoms with Gasteiger partial charge in [-0.25, -0.2) is 0 Å². The number of aromatic amines is 2. The average molecular weight is 352 g/mol. The molecule has 3 nitrogen and oxygen atoms in total. The predicted octanol–water partition coefficient (Wildman–Crippen LogP) is 5.84. The molecule has 5 aromatic rings. The minimum Gasteiger partial charge on any atom is -0.497 e. The van der Waals surface area contributed by atoms with E-state index in [4.69, 9.17) is 4.74 Å². The van der Waals surface area contributed by atoms with Crippen molar-refractivity contribution in [1.82, 2.24) is 9.97 Å². The van der Waals surface area contributed by atoms with Crippen molar-refractivity contribution in [2.45, 2.75) is 5.92 Å². The van der Waals surface area contributed by atoms with Crippen molar-refractivity contribution in [3.8, 4) is 5.75 Å². The molecule has 0 spiro atoms. The third-order valence-corrected chi connectivity index (χ3v) is 5.17. The van der Waals surface area contributed by atoms with Crippen LogP contribution in [0, 0.1) is 0 Å². The molecule has 2 heterocycles. The number of hydrogen-bond donors (Lipinski definition) is 2. The van der Waals surface area contributed by atoms with E-state index in [9.17, 15) is 0 Å². The van der Waals surface area contributed by atoms with Gasteiger partial charge in [-0.1, -0.05) is 48.5 Å². The number of aromatic nitrogens is 2. The molecule has 2 N–H and O–H groups in total. The summed E-state index contributed by atoms with van der Waals surface area (Å²) in [4.78, 5) is 7.23. The summed E-state index contributed by atoms with van der Waals surface area (Å²) in [5.74, 6) is 0.960. The van der Waals surface area contributed by atoms with Gasteiger partial charge in [0.15, 0.2) is 0 Å². The molecule has 0 saturated carbocycles. The van der Waals surface area contributed by atoms with E-state index in [0.717, 1.165) is 16.8 Å². The Hall–Kier alpha value is -3.46. The van der Waals surface area contributed by atoms with Crippen molar-refractivity contribution in [3.05, 3.63) is 102 Å². The van der Waals surface area contributed by atoms with Crippen LogP contribution in [0.1, 0.15) is 22.9 Å². The third-order valence-electron chi connectivity index (χ3n) is 5.17. The van der Waals surface area contributed by atoms with Crippen molar-refractivity contribution < 1.29 is 4.74 Å². The molecule has 0 aliphatic carbocycles. The van der Waals surface area contributed by atoms with Crippen LogP contribution in [0.2, 0.25) is 0 Å². The second-order valence-corrected chi connectivity index (χ2v) is 6.83. The fourth-order valence-corrected chi connectivity index (χ4v) is 3.83. The molecule has 5 rings (SSSR count). The standard InChI is InChI=1S/C24H20N2O/c1-27-19-12-10-16(11-13-19)24(22-14-17-6-2-4-8-20(17)25-22)23-15-18-7-3-5-9-21(18)26-23/h2-15,24-26H,1H3. The molecule has 0 aliphatic heterocycles. The largest absolute Gasteiger partial charge is 0.497 e. The summed E-state index contributed by atoms with van der Waals surface area (Å²) in [6.45, 7) is 0. The Morgan fingerprint density at radius 2 is 1.19 bits per heavy atom. The molecule has 0 atom stereocenters. The van der Waals surface area contributed by atoms with Crippen molar-refractivity contribution in [3.63, 3.8) is 0 Å². The number of methoxy groups -OCH3 is 1. The second-order valence-electron chi connectivity index (χ2n) is 6.83. The number of H-pyrrole nitrogens is 2. The zero-order valence-electron chi connectivity index (χ0n) is 15.1. The van der Waals surface area contributed by atoms with Crippen molar-refractivity contribution in [1.29, 1.82) is 0 Å². The maximum Gasteiger partial charge on any atom is 0.118 e. The molecule has 0 radical (unpaired) electrons. The summed E-state index contributed by atoms with van der Waals surface area (Å²) in [5.41, 5.74) is 5.87. The number of benzene rings is 3. The summed E-state index contributed by atoms with van der Waals surface area (Å²) in [7, 11) is 1.70. The lowest BCUT2D eigenvalue weighted by Gasteiger charge is -2.16. The molecule has 0 bridgehead atoms. The molecule has 0 fully saturated rings. The summed E-state index contributed by atoms with van der Waals surface area (Å²) < 4.78 is 5.34. The van der Waals surface area contributed by atoms with Crippen LogP contribution in [-0.4, -0.2) is 17.1 Å². The molecule has 132 valence electrons. The highest BCUT2D eigenvalue weighted by Gasteiger charge is 2.21. The summed E-state index contributed by atoms with van der Waals surface area (Å²) in [6, 6.07) is 29.6. The van der Waals surface area contributed by atoms with Gasteiger partial charge in [-0.15, -0.1) is 0 Å². The topological polar surface area (TPSA) is 40.8 Å². The Bertz CT molecular complexity index is 1070. The SMILES string of the molecule is COc1ccc(C(c2cc3ccccc3[nH]2)c2cc3ccccc3[nH]2)cc1. The maximum atomic E-state index is 5.34. The minimum absolute atomic E-state index is 0.0932. The maximum absolute atomic E-state index is 5.34. The van der Waals surface area contributed by atoms with E-state index in [1.807, 2.05) is 12.1 Å². The van der Waals surface area contributed by atoms with E-state index in [2.05, 4.69) is 82.8 Å². The molecule has 3 aromatic carbocycles. The van der Waals surface area contributed by atoms with Gasteiger partial charge in [0.2, 0.25) is 0 Å². The van der Waals surface area contributed by atoms with Gasteiger partial charge in [-0.05, 0) is 52.7 Å². The lowest BCUT2D eigenvalue weighted by molar-refractivity contribution is 0.414. The first-order valence-corrected chi connectivity index (χ1v) is 9.11. The molecular weight excluding hydrogens is 332 g/mol. The lowest BCUT2D eigenvalue weighted by atomic mass is 9.92. The number of nitrogens with one attached hydrogen (secondary N) is 2. The van der Waals surface area contributed by atoms with Gasteiger partial charge in [-0.3, -0.25) is 0 Å². The molecule has 3 heteroatoms. The van der Waals surface area contributed by atoms with Crippen LogP contribution in [-0.2, 0) is 0 Å². The normalized spacial score (nSPS) is 11.5. The quantitative estimate of drug-likeness (QED) is 0.419. The van der Waals surface area contributed by atoms with Crippen LogP contribution >= 0.6 is 0 Å². The van der Waals surface area contributed by atoms with E-state index >= 15 is 0 Å². The fourth-order valence-electron chi connectivity index (χ4n) is 3.83. The Morgan fingerprint density at radius 3 is 1.67 bits per heavy atom. The van der Waals surface area contributed by atoms with E-state index in [0.29, 0.717) is 0 Å². The van der Waals surface area contributed by atoms with Crippen LogP contribution in [0.25, 0.3) is 21.8 Å². The van der Waals surface area contributed by atoms with Crippen LogP contribution in [0.15, 0.2) is 84.9 Å². The molecular formula is C24H20N2O. The molecule has 0 amide bonds. The van der Waals surface area contributed by atoms with Gasteiger partial charge >= 0.3 is 0 Å². The zero-order valence-corrected chi connectivity index (χ0v) is 15.1. The summed E-state index contributed by atoms with van der Waals surface area (Å²) in [6.07, 6.45) is 0. The molecule has 0 unspecified atom stereocenters. The lowest BCUT2D eigenvalue weighted by Crippen LogP contribution is -2.04. The van der Waals surface area contributed by atoms with Crippen LogP contribution in [0.3, 0.4) is 0 Å². The number of fused-ring (bicyclic) bond motifs is 2. The predicted molar refractivity (Wildman–Crippen MR) is 111 cm³/mol. The molecule has 2 aromatic heterocycles. The summed E-state index contributed by atoms with van der Waals surface area (Å²) >= 11 is 0. The number of rotatable bonds is 4. The van der Waals surface area contributed by atoms with E-state index < -0.39 is 0 Å². The Kier molecular flexibility index (Phi) is 3.72. The van der Waals surface area contributed by atoms with Gasteiger partial charge < -0.3 is 14.7 Å². The van der Waals surface area contributed by atoms with E-state index in [1.165, 1.54) is 27.7 Å². The van der Waals surface area contributed by atoms with Crippen LogP contribution < -0.4 is 4.74 Å². The molecule has 0 aliphatic rings. The first kappa shape index (κ1) is 15.8. The van der Waals surface area contributed by atoms with Crippen molar-refractivity contribution >= 4 is 21.8 Å². The van der Waals surface area contributed by atoms with Crippen LogP contribution in [0.4, 0.5) is 0 Å². The third kappa shape index (κ3) is 2.77. The Morgan fingerprint density at radius 1 is 0.667 bits per heavy atom. The van der Waals surface area contributed by atoms with Crippen molar-refractivity contribution in [2.24, 2.45) is 0 Å². The summed E-state index contributed by atoms with van der Waals surface area (Å²) in [5, 5.41) is 2.45. The van der Waals surface area contributed by atoms with E-state index in [-0.39, 0.29) is 5.92 Å². The van der Waals surface area contributed by atoms with Crippen molar-refractivity contribution in [2.75, 3.05) is 7.11 Å². The van der Waals surface area contributed by atoms with Crippen LogP contribution in [0.5, 0.6) is 5.75 Å². The number of ether oxygens (including phenoxy) is 1. The fraction of sp³-hybridized carbons (Fsp3) is 0.0833. The van der Waals surface area contributed by atoms with E-state index in [1.54, 1.807) is 7.11 Å². The van der Waals surface area contributed by atoms with Gasteiger partial charge in [0.1, 0.15) is 5.75 Å². The van der Waals surface area contributed by atoms with Gasteiger partial charge in [0.25, 0.3) is 0 Å². The highest BCUT2D eigenvalue weighted by Crippen LogP contribution is 2.35. The first-order chi connectivity index (χ1) is 13.3. The number of para-hydroxylation sites is 2. The monoisotopic (exact) mass is 352 g/mol. The number of hydrogen-bond acceptors (Lipinski definition) is 1.